The van der Waals surface area contributed by atoms with Gasteiger partial charge in [-0.1, -0.05) is 30.3 Å². The Bertz CT molecular complexity index is 759. The monoisotopic (exact) mass is 321 g/mol. The van der Waals surface area contributed by atoms with Gasteiger partial charge in [0.05, 0.1) is 11.9 Å². The molecule has 0 aliphatic rings. The minimum atomic E-state index is -3.76. The molecule has 0 aliphatic carbocycles. The van der Waals surface area contributed by atoms with Gasteiger partial charge in [-0.3, -0.25) is 9.10 Å². The molecule has 0 aliphatic heterocycles. The molecular weight excluding hydrogens is 306 g/mol. The van der Waals surface area contributed by atoms with E-state index in [0.717, 1.165) is 10.6 Å². The van der Waals surface area contributed by atoms with Crippen LogP contribution in [0, 0.1) is 0 Å². The quantitative estimate of drug-likeness (QED) is 0.883. The molecule has 22 heavy (non-hydrogen) atoms. The summed E-state index contributed by atoms with van der Waals surface area (Å²) in [6.07, 6.45) is 0.954. The highest BCUT2D eigenvalue weighted by molar-refractivity contribution is 7.92. The molecule has 0 spiro atoms. The van der Waals surface area contributed by atoms with Gasteiger partial charge >= 0.3 is 5.97 Å². The lowest BCUT2D eigenvalue weighted by Gasteiger charge is -2.22. The van der Waals surface area contributed by atoms with Crippen molar-refractivity contribution in [2.24, 2.45) is 0 Å². The summed E-state index contributed by atoms with van der Waals surface area (Å²) in [6.45, 7) is -0.673. The predicted octanol–water partition coefficient (Wildman–Crippen LogP) is 2.33. The van der Waals surface area contributed by atoms with E-state index in [-0.39, 0.29) is 11.4 Å². The molecule has 2 rings (SSSR count). The SMILES string of the molecule is CS(=O)(=O)N(CC(=O)O)c1ccccc1Oc1ccccc1. The van der Waals surface area contributed by atoms with Crippen molar-refractivity contribution in [3.05, 3.63) is 54.6 Å². The first-order valence-electron chi connectivity index (χ1n) is 6.39. The first-order valence-corrected chi connectivity index (χ1v) is 8.24. The summed E-state index contributed by atoms with van der Waals surface area (Å²) in [5.41, 5.74) is 0.177. The fourth-order valence-electron chi connectivity index (χ4n) is 1.87. The van der Waals surface area contributed by atoms with Crippen LogP contribution in [0.1, 0.15) is 0 Å². The van der Waals surface area contributed by atoms with Crippen LogP contribution in [-0.4, -0.2) is 32.3 Å². The van der Waals surface area contributed by atoms with Crippen molar-refractivity contribution >= 4 is 21.7 Å². The van der Waals surface area contributed by atoms with Crippen molar-refractivity contribution in [2.45, 2.75) is 0 Å². The second-order valence-corrected chi connectivity index (χ2v) is 6.45. The standard InChI is InChI=1S/C15H15NO5S/c1-22(19,20)16(11-15(17)18)13-9-5-6-10-14(13)21-12-7-3-2-4-8-12/h2-10H,11H2,1H3,(H,17,18). The third-order valence-electron chi connectivity index (χ3n) is 2.78. The van der Waals surface area contributed by atoms with Crippen molar-refractivity contribution in [2.75, 3.05) is 17.1 Å². The number of carbonyl (C=O) groups is 1. The number of para-hydroxylation sites is 3. The third-order valence-corrected chi connectivity index (χ3v) is 3.91. The molecule has 1 N–H and O–H groups in total. The maximum Gasteiger partial charge on any atom is 0.324 e. The highest BCUT2D eigenvalue weighted by atomic mass is 32.2. The smallest absolute Gasteiger partial charge is 0.324 e. The van der Waals surface area contributed by atoms with Gasteiger partial charge in [-0.15, -0.1) is 0 Å². The van der Waals surface area contributed by atoms with Crippen molar-refractivity contribution < 1.29 is 23.1 Å². The van der Waals surface area contributed by atoms with E-state index in [9.17, 15) is 13.2 Å². The summed E-state index contributed by atoms with van der Waals surface area (Å²) in [5, 5.41) is 8.94. The molecule has 0 aromatic heterocycles. The summed E-state index contributed by atoms with van der Waals surface area (Å²) < 4.78 is 30.2. The van der Waals surface area contributed by atoms with E-state index < -0.39 is 22.5 Å². The Kier molecular flexibility index (Phi) is 4.67. The summed E-state index contributed by atoms with van der Waals surface area (Å²) in [6, 6.07) is 15.2. The van der Waals surface area contributed by atoms with Crippen LogP contribution >= 0.6 is 0 Å². The number of anilines is 1. The van der Waals surface area contributed by atoms with Gasteiger partial charge in [0.15, 0.2) is 5.75 Å². The molecule has 0 atom stereocenters. The van der Waals surface area contributed by atoms with Crippen LogP contribution in [0.2, 0.25) is 0 Å². The van der Waals surface area contributed by atoms with E-state index >= 15 is 0 Å². The number of carboxylic acid groups (broad SMARTS) is 1. The number of ether oxygens (including phenoxy) is 1. The second-order valence-electron chi connectivity index (χ2n) is 4.55. The minimum absolute atomic E-state index is 0.177. The van der Waals surface area contributed by atoms with Crippen LogP contribution in [0.5, 0.6) is 11.5 Å². The molecular formula is C15H15NO5S. The highest BCUT2D eigenvalue weighted by Crippen LogP contribution is 2.33. The molecule has 6 nitrogen and oxygen atoms in total. The number of aliphatic carboxylic acids is 1. The van der Waals surface area contributed by atoms with Crippen molar-refractivity contribution in [3.63, 3.8) is 0 Å². The van der Waals surface area contributed by atoms with Crippen molar-refractivity contribution in [1.82, 2.24) is 0 Å². The Balaban J connectivity index is 2.43. The fraction of sp³-hybridized carbons (Fsp3) is 0.133. The zero-order valence-corrected chi connectivity index (χ0v) is 12.7. The number of rotatable bonds is 6. The van der Waals surface area contributed by atoms with Gasteiger partial charge in [0.1, 0.15) is 12.3 Å². The maximum absolute atomic E-state index is 11.9. The Morgan fingerprint density at radius 3 is 2.27 bits per heavy atom. The van der Waals surface area contributed by atoms with Gasteiger partial charge < -0.3 is 9.84 Å². The summed E-state index contributed by atoms with van der Waals surface area (Å²) in [7, 11) is -3.76. The fourth-order valence-corrected chi connectivity index (χ4v) is 2.72. The summed E-state index contributed by atoms with van der Waals surface area (Å²) in [5.74, 6) is -0.459. The normalized spacial score (nSPS) is 11.0. The van der Waals surface area contributed by atoms with Gasteiger partial charge in [0, 0.05) is 0 Å². The minimum Gasteiger partial charge on any atom is -0.480 e. The Hall–Kier alpha value is -2.54. The predicted molar refractivity (Wildman–Crippen MR) is 82.8 cm³/mol. The number of carboxylic acids is 1. The lowest BCUT2D eigenvalue weighted by molar-refractivity contribution is -0.135. The molecule has 7 heteroatoms. The molecule has 2 aromatic carbocycles. The van der Waals surface area contributed by atoms with Gasteiger partial charge in [-0.05, 0) is 24.3 Å². The van der Waals surface area contributed by atoms with Crippen LogP contribution in [0.25, 0.3) is 0 Å². The Labute approximate surface area is 128 Å². The molecule has 2 aromatic rings. The number of hydrogen-bond acceptors (Lipinski definition) is 4. The first kappa shape index (κ1) is 15.8. The molecule has 116 valence electrons. The van der Waals surface area contributed by atoms with E-state index in [1.165, 1.54) is 6.07 Å². The maximum atomic E-state index is 11.9. The Morgan fingerprint density at radius 2 is 1.68 bits per heavy atom. The number of hydrogen-bond donors (Lipinski definition) is 1. The van der Waals surface area contributed by atoms with Crippen LogP contribution < -0.4 is 9.04 Å². The third kappa shape index (κ3) is 3.98. The molecule has 0 heterocycles. The first-order chi connectivity index (χ1) is 10.4. The van der Waals surface area contributed by atoms with Crippen LogP contribution in [0.4, 0.5) is 5.69 Å². The Morgan fingerprint density at radius 1 is 1.09 bits per heavy atom. The van der Waals surface area contributed by atoms with Crippen LogP contribution in [-0.2, 0) is 14.8 Å². The topological polar surface area (TPSA) is 83.9 Å². The number of benzene rings is 2. The lowest BCUT2D eigenvalue weighted by atomic mass is 10.3. The van der Waals surface area contributed by atoms with E-state index in [4.69, 9.17) is 9.84 Å². The average molecular weight is 321 g/mol. The highest BCUT2D eigenvalue weighted by Gasteiger charge is 2.23. The molecule has 0 amide bonds. The zero-order valence-electron chi connectivity index (χ0n) is 11.8. The molecule has 0 bridgehead atoms. The largest absolute Gasteiger partial charge is 0.480 e. The van der Waals surface area contributed by atoms with Gasteiger partial charge in [-0.25, -0.2) is 8.42 Å². The number of sulfonamides is 1. The average Bonchev–Trinajstić information content (AvgIpc) is 2.45. The molecule has 0 unspecified atom stereocenters. The van der Waals surface area contributed by atoms with Crippen LogP contribution in [0.3, 0.4) is 0 Å². The lowest BCUT2D eigenvalue weighted by Crippen LogP contribution is -2.35. The number of nitrogens with zero attached hydrogens (tertiary/aromatic N) is 1. The van der Waals surface area contributed by atoms with Crippen molar-refractivity contribution in [3.8, 4) is 11.5 Å². The van der Waals surface area contributed by atoms with E-state index in [2.05, 4.69) is 0 Å². The molecule has 0 saturated heterocycles. The summed E-state index contributed by atoms with van der Waals surface area (Å²) >= 11 is 0. The van der Waals surface area contributed by atoms with Crippen LogP contribution in [0.15, 0.2) is 54.6 Å². The zero-order chi connectivity index (χ0) is 16.2. The second kappa shape index (κ2) is 6.48. The molecule has 0 fully saturated rings. The van der Waals surface area contributed by atoms with E-state index in [1.54, 1.807) is 42.5 Å². The van der Waals surface area contributed by atoms with Crippen molar-refractivity contribution in [1.29, 1.82) is 0 Å². The summed E-state index contributed by atoms with van der Waals surface area (Å²) in [4.78, 5) is 11.0. The molecule has 0 radical (unpaired) electrons. The van der Waals surface area contributed by atoms with E-state index in [0.29, 0.717) is 5.75 Å². The molecule has 0 saturated carbocycles. The van der Waals surface area contributed by atoms with Gasteiger partial charge in [-0.2, -0.15) is 0 Å². The van der Waals surface area contributed by atoms with E-state index in [1.807, 2.05) is 6.07 Å². The van der Waals surface area contributed by atoms with Gasteiger partial charge in [0.2, 0.25) is 10.0 Å². The van der Waals surface area contributed by atoms with Gasteiger partial charge in [0.25, 0.3) is 0 Å².